The Morgan fingerprint density at radius 1 is 1.26 bits per heavy atom. The number of furan rings is 1. The van der Waals surface area contributed by atoms with Crippen molar-refractivity contribution >= 4 is 12.0 Å². The molecule has 1 aliphatic heterocycles. The number of halogens is 1. The van der Waals surface area contributed by atoms with Crippen molar-refractivity contribution in [3.63, 3.8) is 0 Å². The Morgan fingerprint density at radius 3 is 2.74 bits per heavy atom. The number of rotatable bonds is 3. The van der Waals surface area contributed by atoms with E-state index in [1.165, 1.54) is 18.2 Å². The number of carbonyl (C=O) groups is 1. The van der Waals surface area contributed by atoms with Crippen LogP contribution in [0.1, 0.15) is 23.2 Å². The number of nitrogens with zero attached hydrogens (tertiary/aromatic N) is 1. The van der Waals surface area contributed by atoms with E-state index in [2.05, 4.69) is 0 Å². The van der Waals surface area contributed by atoms with Crippen molar-refractivity contribution in [3.8, 4) is 0 Å². The molecule has 3 rings (SSSR count). The Bertz CT molecular complexity index is 705. The molecular weight excluding hydrogens is 297 g/mol. The minimum absolute atomic E-state index is 0.0885. The van der Waals surface area contributed by atoms with Gasteiger partial charge >= 0.3 is 0 Å². The first-order valence-corrected chi connectivity index (χ1v) is 7.52. The van der Waals surface area contributed by atoms with E-state index < -0.39 is 0 Å². The van der Waals surface area contributed by atoms with Crippen molar-refractivity contribution in [3.05, 3.63) is 65.4 Å². The number of aryl methyl sites for hydroxylation is 1. The van der Waals surface area contributed by atoms with Crippen LogP contribution >= 0.6 is 0 Å². The fraction of sp³-hybridized carbons (Fsp3) is 0.278. The summed E-state index contributed by atoms with van der Waals surface area (Å²) < 4.78 is 24.1. The van der Waals surface area contributed by atoms with Gasteiger partial charge in [-0.15, -0.1) is 0 Å². The quantitative estimate of drug-likeness (QED) is 0.816. The summed E-state index contributed by atoms with van der Waals surface area (Å²) in [5.41, 5.74) is 0.870. The summed E-state index contributed by atoms with van der Waals surface area (Å²) in [4.78, 5) is 14.0. The molecule has 4 nitrogen and oxygen atoms in total. The van der Waals surface area contributed by atoms with Crippen LogP contribution in [0.3, 0.4) is 0 Å². The van der Waals surface area contributed by atoms with Gasteiger partial charge in [-0.05, 0) is 42.8 Å². The minimum atomic E-state index is -0.283. The molecule has 0 saturated carbocycles. The van der Waals surface area contributed by atoms with Gasteiger partial charge in [0.25, 0.3) is 0 Å². The summed E-state index contributed by atoms with van der Waals surface area (Å²) in [6.07, 6.45) is 2.94. The van der Waals surface area contributed by atoms with E-state index in [9.17, 15) is 9.18 Å². The molecule has 1 aromatic heterocycles. The molecule has 1 atom stereocenters. The SMILES string of the molecule is Cc1ccc(/C=C/C(=O)N2CCOC(c3ccc(F)cc3)C2)o1. The normalized spacial score (nSPS) is 18.5. The summed E-state index contributed by atoms with van der Waals surface area (Å²) >= 11 is 0. The highest BCUT2D eigenvalue weighted by molar-refractivity contribution is 5.91. The highest BCUT2D eigenvalue weighted by Crippen LogP contribution is 2.22. The topological polar surface area (TPSA) is 42.7 Å². The second-order valence-electron chi connectivity index (χ2n) is 5.48. The van der Waals surface area contributed by atoms with Gasteiger partial charge in [-0.3, -0.25) is 4.79 Å². The third-order valence-corrected chi connectivity index (χ3v) is 3.77. The van der Waals surface area contributed by atoms with E-state index in [0.29, 0.717) is 25.5 Å². The Hall–Kier alpha value is -2.40. The molecule has 23 heavy (non-hydrogen) atoms. The largest absolute Gasteiger partial charge is 0.462 e. The second-order valence-corrected chi connectivity index (χ2v) is 5.48. The summed E-state index contributed by atoms with van der Waals surface area (Å²) in [7, 11) is 0. The van der Waals surface area contributed by atoms with Crippen molar-refractivity contribution in [1.29, 1.82) is 0 Å². The molecule has 0 radical (unpaired) electrons. The monoisotopic (exact) mass is 315 g/mol. The molecule has 0 spiro atoms. The maximum Gasteiger partial charge on any atom is 0.246 e. The van der Waals surface area contributed by atoms with Crippen molar-refractivity contribution < 1.29 is 18.3 Å². The lowest BCUT2D eigenvalue weighted by Gasteiger charge is -2.32. The predicted molar refractivity (Wildman–Crippen MR) is 84.2 cm³/mol. The molecule has 1 fully saturated rings. The summed E-state index contributed by atoms with van der Waals surface area (Å²) in [6.45, 7) is 3.31. The van der Waals surface area contributed by atoms with E-state index in [0.717, 1.165) is 11.3 Å². The summed E-state index contributed by atoms with van der Waals surface area (Å²) in [6, 6.07) is 9.85. The van der Waals surface area contributed by atoms with Crippen molar-refractivity contribution in [2.24, 2.45) is 0 Å². The highest BCUT2D eigenvalue weighted by atomic mass is 19.1. The highest BCUT2D eigenvalue weighted by Gasteiger charge is 2.24. The van der Waals surface area contributed by atoms with Gasteiger partial charge in [0.15, 0.2) is 0 Å². The number of carbonyl (C=O) groups excluding carboxylic acids is 1. The van der Waals surface area contributed by atoms with E-state index in [-0.39, 0.29) is 17.8 Å². The smallest absolute Gasteiger partial charge is 0.246 e. The van der Waals surface area contributed by atoms with Crippen LogP contribution in [0.15, 0.2) is 46.9 Å². The molecular formula is C18H18FNO3. The van der Waals surface area contributed by atoms with Crippen LogP contribution in [0.5, 0.6) is 0 Å². The van der Waals surface area contributed by atoms with E-state index in [1.54, 1.807) is 23.1 Å². The molecule has 120 valence electrons. The Balaban J connectivity index is 1.64. The molecule has 1 amide bonds. The Labute approximate surface area is 134 Å². The fourth-order valence-electron chi connectivity index (χ4n) is 2.53. The van der Waals surface area contributed by atoms with Crippen molar-refractivity contribution in [2.75, 3.05) is 19.7 Å². The fourth-order valence-corrected chi connectivity index (χ4v) is 2.53. The average Bonchev–Trinajstić information content (AvgIpc) is 2.99. The molecule has 0 aliphatic carbocycles. The van der Waals surface area contributed by atoms with Crippen LogP contribution in [-0.2, 0) is 9.53 Å². The lowest BCUT2D eigenvalue weighted by atomic mass is 10.1. The predicted octanol–water partition coefficient (Wildman–Crippen LogP) is 3.34. The van der Waals surface area contributed by atoms with Gasteiger partial charge in [-0.25, -0.2) is 4.39 Å². The van der Waals surface area contributed by atoms with Crippen LogP contribution in [0, 0.1) is 12.7 Å². The molecule has 2 heterocycles. The molecule has 1 saturated heterocycles. The van der Waals surface area contributed by atoms with Gasteiger partial charge in [0.1, 0.15) is 23.4 Å². The molecule has 0 bridgehead atoms. The maximum atomic E-state index is 13.0. The molecule has 2 aromatic rings. The zero-order chi connectivity index (χ0) is 16.2. The van der Waals surface area contributed by atoms with Gasteiger partial charge in [0.2, 0.25) is 5.91 Å². The average molecular weight is 315 g/mol. The summed E-state index contributed by atoms with van der Waals surface area (Å²) in [5, 5.41) is 0. The second kappa shape index (κ2) is 6.79. The molecule has 1 unspecified atom stereocenters. The molecule has 0 N–H and O–H groups in total. The number of hydrogen-bond acceptors (Lipinski definition) is 3. The van der Waals surface area contributed by atoms with Gasteiger partial charge in [-0.1, -0.05) is 12.1 Å². The zero-order valence-corrected chi connectivity index (χ0v) is 12.9. The van der Waals surface area contributed by atoms with Crippen LogP contribution in [-0.4, -0.2) is 30.5 Å². The van der Waals surface area contributed by atoms with Gasteiger partial charge in [0.05, 0.1) is 13.2 Å². The Kier molecular flexibility index (Phi) is 4.57. The number of morpholine rings is 1. The van der Waals surface area contributed by atoms with E-state index >= 15 is 0 Å². The number of benzene rings is 1. The van der Waals surface area contributed by atoms with Gasteiger partial charge in [-0.2, -0.15) is 0 Å². The number of amides is 1. The Morgan fingerprint density at radius 2 is 2.04 bits per heavy atom. The van der Waals surface area contributed by atoms with Crippen molar-refractivity contribution in [1.82, 2.24) is 4.90 Å². The molecule has 1 aromatic carbocycles. The molecule has 1 aliphatic rings. The number of hydrogen-bond donors (Lipinski definition) is 0. The van der Waals surface area contributed by atoms with Crippen LogP contribution < -0.4 is 0 Å². The van der Waals surface area contributed by atoms with Crippen molar-refractivity contribution in [2.45, 2.75) is 13.0 Å². The van der Waals surface area contributed by atoms with E-state index in [4.69, 9.17) is 9.15 Å². The minimum Gasteiger partial charge on any atom is -0.462 e. The lowest BCUT2D eigenvalue weighted by Crippen LogP contribution is -2.41. The first kappa shape index (κ1) is 15.5. The van der Waals surface area contributed by atoms with Gasteiger partial charge in [0, 0.05) is 12.6 Å². The molecule has 5 heteroatoms. The third kappa shape index (κ3) is 3.87. The standard InChI is InChI=1S/C18H18FNO3/c1-13-2-7-16(23-13)8-9-18(21)20-10-11-22-17(12-20)14-3-5-15(19)6-4-14/h2-9,17H,10-12H2,1H3/b9-8+. The van der Waals surface area contributed by atoms with Crippen LogP contribution in [0.4, 0.5) is 4.39 Å². The first-order chi connectivity index (χ1) is 11.1. The van der Waals surface area contributed by atoms with Gasteiger partial charge < -0.3 is 14.1 Å². The van der Waals surface area contributed by atoms with Crippen LogP contribution in [0.2, 0.25) is 0 Å². The first-order valence-electron chi connectivity index (χ1n) is 7.52. The zero-order valence-electron chi connectivity index (χ0n) is 12.9. The third-order valence-electron chi connectivity index (χ3n) is 3.77. The lowest BCUT2D eigenvalue weighted by molar-refractivity contribution is -0.133. The van der Waals surface area contributed by atoms with E-state index in [1.807, 2.05) is 19.1 Å². The maximum absolute atomic E-state index is 13.0. The number of ether oxygens (including phenoxy) is 1. The summed E-state index contributed by atoms with van der Waals surface area (Å²) in [5.74, 6) is 1.09. The van der Waals surface area contributed by atoms with Crippen LogP contribution in [0.25, 0.3) is 6.08 Å².